The van der Waals surface area contributed by atoms with Crippen LogP contribution in [-0.4, -0.2) is 4.98 Å². The van der Waals surface area contributed by atoms with Gasteiger partial charge in [0.15, 0.2) is 0 Å². The molecule has 0 bridgehead atoms. The Morgan fingerprint density at radius 2 is 2.33 bits per heavy atom. The van der Waals surface area contributed by atoms with E-state index in [1.165, 1.54) is 16.3 Å². The Bertz CT molecular complexity index is 143. The molecule has 0 aliphatic heterocycles. The molecule has 0 radical (unpaired) electrons. The summed E-state index contributed by atoms with van der Waals surface area (Å²) in [5, 5.41) is 0. The quantitative estimate of drug-likeness (QED) is 0.497. The number of hydrogen-bond acceptors (Lipinski definition) is 1. The predicted molar refractivity (Wildman–Crippen MR) is 36.7 cm³/mol. The van der Waals surface area contributed by atoms with E-state index < -0.39 is 0 Å². The van der Waals surface area contributed by atoms with Crippen LogP contribution in [0.4, 0.5) is 0 Å². The average Bonchev–Trinajstić information content (AvgIpc) is 1.94. The topological polar surface area (TPSA) is 12.9 Å². The first-order chi connectivity index (χ1) is 4.39. The van der Waals surface area contributed by atoms with E-state index in [1.54, 1.807) is 6.20 Å². The van der Waals surface area contributed by atoms with Gasteiger partial charge in [-0.15, -0.1) is 0 Å². The summed E-state index contributed by atoms with van der Waals surface area (Å²) in [6, 6.07) is 6.62. The molecule has 0 N–H and O–H groups in total. The Hall–Kier alpha value is 0.253. The third kappa shape index (κ3) is 4.74. The van der Waals surface area contributed by atoms with Crippen molar-refractivity contribution in [2.45, 2.75) is 6.92 Å². The third-order valence-corrected chi connectivity index (χ3v) is 0.743. The van der Waals surface area contributed by atoms with Gasteiger partial charge in [0.1, 0.15) is 0 Å². The molecule has 3 heteroatoms. The van der Waals surface area contributed by atoms with E-state index in [4.69, 9.17) is 0 Å². The van der Waals surface area contributed by atoms with E-state index in [9.17, 15) is 0 Å². The summed E-state index contributed by atoms with van der Waals surface area (Å²) in [6.45, 7) is 1.92. The summed E-state index contributed by atoms with van der Waals surface area (Å²) in [6.07, 6.45) is 1.76. The molecule has 0 saturated heterocycles. The van der Waals surface area contributed by atoms with Gasteiger partial charge < -0.3 is 4.98 Å². The summed E-state index contributed by atoms with van der Waals surface area (Å²) in [4.78, 5) is 3.92. The Morgan fingerprint density at radius 1 is 1.67 bits per heavy atom. The fourth-order valence-corrected chi connectivity index (χ4v) is 0.404. The number of pyridine rings is 1. The Morgan fingerprint density at radius 3 is 2.56 bits per heavy atom. The van der Waals surface area contributed by atoms with Crippen LogP contribution in [0.5, 0.6) is 0 Å². The number of nitrogens with zero attached hydrogens (tertiary/aromatic N) is 1. The minimum atomic E-state index is 0.947. The molecule has 9 heavy (non-hydrogen) atoms. The molecular weight excluding hydrogens is 231 g/mol. The van der Waals surface area contributed by atoms with Crippen LogP contribution in [0.3, 0.4) is 0 Å². The van der Waals surface area contributed by atoms with Crippen molar-refractivity contribution in [1.82, 2.24) is 4.98 Å². The molecule has 44 valence electrons. The summed E-state index contributed by atoms with van der Waals surface area (Å²) >= 11 is 4.25. The van der Waals surface area contributed by atoms with Crippen LogP contribution in [0.2, 0.25) is 0 Å². The molecule has 0 aliphatic rings. The van der Waals surface area contributed by atoms with Crippen LogP contribution >= 0.6 is 13.6 Å². The maximum absolute atomic E-state index is 3.92. The monoisotopic (exact) mass is 235 g/mol. The molecule has 0 aliphatic carbocycles. The van der Waals surface area contributed by atoms with Crippen molar-refractivity contribution in [3.63, 3.8) is 0 Å². The molecule has 1 rings (SSSR count). The minimum absolute atomic E-state index is 0.947. The number of rotatable bonds is 0. The third-order valence-electron chi connectivity index (χ3n) is 0.743. The standard InChI is InChI=1S/C6H6N.BrH.Zn/c1-6-4-2-3-5-7-6;;/h2-3,5H,1H3;1H;/q-1;;+2/p-1. The van der Waals surface area contributed by atoms with Crippen molar-refractivity contribution >= 4 is 13.6 Å². The van der Waals surface area contributed by atoms with Gasteiger partial charge in [-0.05, 0) is 6.92 Å². The molecule has 1 aromatic heterocycles. The van der Waals surface area contributed by atoms with Crippen molar-refractivity contribution in [3.8, 4) is 0 Å². The maximum atomic E-state index is 3.92. The van der Waals surface area contributed by atoms with Gasteiger partial charge in [0.25, 0.3) is 0 Å². The van der Waals surface area contributed by atoms with E-state index in [1.807, 2.05) is 19.1 Å². The molecule has 0 atom stereocenters. The van der Waals surface area contributed by atoms with Crippen molar-refractivity contribution in [2.75, 3.05) is 0 Å². The van der Waals surface area contributed by atoms with Crippen LogP contribution in [-0.2, 0) is 16.3 Å². The SMILES string of the molecule is Cc1[c-]cccn1.[Zn+][Br]. The van der Waals surface area contributed by atoms with Gasteiger partial charge >= 0.3 is 30.0 Å². The summed E-state index contributed by atoms with van der Waals surface area (Å²) in [5.41, 5.74) is 0.947. The predicted octanol–water partition coefficient (Wildman–Crippen LogP) is 2.03. The Balaban J connectivity index is 0.000000291. The molecule has 0 amide bonds. The first-order valence-corrected chi connectivity index (χ1v) is 9.40. The van der Waals surface area contributed by atoms with Gasteiger partial charge in [0, 0.05) is 0 Å². The normalized spacial score (nSPS) is 7.56. The molecule has 0 unspecified atom stereocenters. The second-order valence-corrected chi connectivity index (χ2v) is 1.37. The molecule has 0 saturated carbocycles. The summed E-state index contributed by atoms with van der Waals surface area (Å²) in [5.74, 6) is 0. The zero-order valence-electron chi connectivity index (χ0n) is 5.26. The molecular formula is C6H6BrNZn. The second-order valence-electron chi connectivity index (χ2n) is 1.37. The van der Waals surface area contributed by atoms with Gasteiger partial charge in [0.05, 0.1) is 0 Å². The van der Waals surface area contributed by atoms with Crippen molar-refractivity contribution in [2.24, 2.45) is 0 Å². The number of aryl methyl sites for hydroxylation is 1. The van der Waals surface area contributed by atoms with E-state index in [2.05, 4.69) is 24.7 Å². The Labute approximate surface area is 71.9 Å². The van der Waals surface area contributed by atoms with E-state index in [0.29, 0.717) is 0 Å². The fraction of sp³-hybridized carbons (Fsp3) is 0.167. The second kappa shape index (κ2) is 6.37. The molecule has 0 spiro atoms. The molecule has 1 heterocycles. The molecule has 1 nitrogen and oxygen atoms in total. The zero-order valence-corrected chi connectivity index (χ0v) is 9.82. The summed E-state index contributed by atoms with van der Waals surface area (Å²) in [7, 11) is 0. The van der Waals surface area contributed by atoms with Gasteiger partial charge in [-0.25, -0.2) is 12.1 Å². The first-order valence-electron chi connectivity index (χ1n) is 2.45. The molecule has 1 aromatic rings. The van der Waals surface area contributed by atoms with Crippen LogP contribution < -0.4 is 0 Å². The number of aromatic nitrogens is 1. The van der Waals surface area contributed by atoms with Gasteiger partial charge in [-0.2, -0.15) is 6.07 Å². The fourth-order valence-electron chi connectivity index (χ4n) is 0.404. The van der Waals surface area contributed by atoms with E-state index in [-0.39, 0.29) is 0 Å². The van der Waals surface area contributed by atoms with Crippen molar-refractivity contribution in [3.05, 3.63) is 30.1 Å². The average molecular weight is 237 g/mol. The van der Waals surface area contributed by atoms with Crippen molar-refractivity contribution in [1.29, 1.82) is 0 Å². The molecule has 0 aromatic carbocycles. The number of hydrogen-bond donors (Lipinski definition) is 0. The van der Waals surface area contributed by atoms with Gasteiger partial charge in [-0.3, -0.25) is 0 Å². The molecule has 0 fully saturated rings. The van der Waals surface area contributed by atoms with Crippen LogP contribution in [0.25, 0.3) is 0 Å². The van der Waals surface area contributed by atoms with Crippen LogP contribution in [0.1, 0.15) is 5.69 Å². The van der Waals surface area contributed by atoms with Crippen LogP contribution in [0.15, 0.2) is 18.3 Å². The van der Waals surface area contributed by atoms with E-state index in [0.717, 1.165) is 5.69 Å². The van der Waals surface area contributed by atoms with Gasteiger partial charge in [0.2, 0.25) is 0 Å². The van der Waals surface area contributed by atoms with E-state index >= 15 is 0 Å². The van der Waals surface area contributed by atoms with Gasteiger partial charge in [-0.1, -0.05) is 11.9 Å². The summed E-state index contributed by atoms with van der Waals surface area (Å²) < 4.78 is 0. The zero-order chi connectivity index (χ0) is 7.11. The number of halogens is 1. The van der Waals surface area contributed by atoms with Crippen molar-refractivity contribution < 1.29 is 16.3 Å². The Kier molecular flexibility index (Phi) is 6.55. The van der Waals surface area contributed by atoms with Crippen LogP contribution in [0, 0.1) is 13.0 Å². The first kappa shape index (κ1) is 9.25.